The van der Waals surface area contributed by atoms with E-state index in [1.165, 1.54) is 6.08 Å². The van der Waals surface area contributed by atoms with Crippen molar-refractivity contribution in [1.82, 2.24) is 0 Å². The molecule has 0 saturated carbocycles. The van der Waals surface area contributed by atoms with Crippen molar-refractivity contribution in [3.63, 3.8) is 0 Å². The summed E-state index contributed by atoms with van der Waals surface area (Å²) >= 11 is 0. The van der Waals surface area contributed by atoms with E-state index >= 15 is 0 Å². The van der Waals surface area contributed by atoms with E-state index in [0.29, 0.717) is 0 Å². The van der Waals surface area contributed by atoms with E-state index in [1.54, 1.807) is 0 Å². The van der Waals surface area contributed by atoms with Crippen LogP contribution in [0.15, 0.2) is 12.7 Å². The standard InChI is InChI=1S/C9H21P.C3H5.BrH.Pd/c1-7(2)10(8(3)4)9(5)6;1-3-2;;/h7-9H,1-6H3;3H,1-2H2;1H;/q;-1;;+2/p-1. The second-order valence-electron chi connectivity index (χ2n) is 4.02. The molecule has 0 amide bonds. The molecule has 0 N–H and O–H groups in total. The zero-order valence-electron chi connectivity index (χ0n) is 10.9. The molecule has 0 aliphatic heterocycles. The van der Waals surface area contributed by atoms with Crippen molar-refractivity contribution in [1.29, 1.82) is 0 Å². The van der Waals surface area contributed by atoms with Crippen LogP contribution in [0.3, 0.4) is 0 Å². The van der Waals surface area contributed by atoms with Gasteiger partial charge < -0.3 is 17.0 Å². The summed E-state index contributed by atoms with van der Waals surface area (Å²) in [5, 5.41) is 0. The average molecular weight is 388 g/mol. The zero-order valence-corrected chi connectivity index (χ0v) is 14.9. The molecule has 0 atom stereocenters. The van der Waals surface area contributed by atoms with Crippen molar-refractivity contribution in [2.75, 3.05) is 0 Å². The maximum absolute atomic E-state index is 3.25. The molecule has 0 saturated heterocycles. The minimum absolute atomic E-state index is 0. The fourth-order valence-electron chi connectivity index (χ4n) is 1.79. The van der Waals surface area contributed by atoms with Crippen molar-refractivity contribution in [3.05, 3.63) is 19.6 Å². The normalized spacial score (nSPS) is 9.20. The van der Waals surface area contributed by atoms with E-state index in [1.807, 2.05) is 0 Å². The van der Waals surface area contributed by atoms with Crippen molar-refractivity contribution in [3.8, 4) is 0 Å². The van der Waals surface area contributed by atoms with Crippen LogP contribution in [0.5, 0.6) is 0 Å². The summed E-state index contributed by atoms with van der Waals surface area (Å²) in [7, 11) is 0.262. The van der Waals surface area contributed by atoms with Crippen molar-refractivity contribution in [2.45, 2.75) is 58.5 Å². The quantitative estimate of drug-likeness (QED) is 0.393. The molecule has 0 fully saturated rings. The summed E-state index contributed by atoms with van der Waals surface area (Å²) < 4.78 is 0. The minimum atomic E-state index is 0. The Morgan fingerprint density at radius 2 is 1.07 bits per heavy atom. The van der Waals surface area contributed by atoms with Gasteiger partial charge in [0, 0.05) is 0 Å². The zero-order chi connectivity index (χ0) is 11.0. The Hall–Kier alpha value is 1.18. The van der Waals surface area contributed by atoms with Gasteiger partial charge in [0.15, 0.2) is 0 Å². The molecule has 0 unspecified atom stereocenters. The number of halogens is 1. The molecule has 0 heterocycles. The molecule has 3 heteroatoms. The molecule has 0 aromatic rings. The second kappa shape index (κ2) is 15.2. The summed E-state index contributed by atoms with van der Waals surface area (Å²) in [5.74, 6) is 0. The topological polar surface area (TPSA) is 0 Å². The molecule has 0 spiro atoms. The van der Waals surface area contributed by atoms with E-state index in [9.17, 15) is 0 Å². The van der Waals surface area contributed by atoms with Crippen molar-refractivity contribution in [2.24, 2.45) is 0 Å². The van der Waals surface area contributed by atoms with Crippen LogP contribution < -0.4 is 17.0 Å². The van der Waals surface area contributed by atoms with Gasteiger partial charge in [-0.2, -0.15) is 0 Å². The van der Waals surface area contributed by atoms with Gasteiger partial charge in [0.05, 0.1) is 0 Å². The monoisotopic (exact) mass is 386 g/mol. The molecule has 0 bridgehead atoms. The first-order valence-electron chi connectivity index (χ1n) is 5.06. The van der Waals surface area contributed by atoms with Crippen LogP contribution in [-0.4, -0.2) is 17.0 Å². The van der Waals surface area contributed by atoms with E-state index in [0.717, 1.165) is 17.0 Å². The van der Waals surface area contributed by atoms with Gasteiger partial charge in [-0.25, -0.2) is 19.6 Å². The minimum Gasteiger partial charge on any atom is -1.00 e. The van der Waals surface area contributed by atoms with E-state index in [2.05, 4.69) is 55.0 Å². The van der Waals surface area contributed by atoms with E-state index in [-0.39, 0.29) is 45.3 Å². The summed E-state index contributed by atoms with van der Waals surface area (Å²) in [6, 6.07) is 0. The molecule has 0 aromatic heterocycles. The fraction of sp³-hybridized carbons (Fsp3) is 0.750. The van der Waals surface area contributed by atoms with Gasteiger partial charge in [0.2, 0.25) is 0 Å². The van der Waals surface area contributed by atoms with Gasteiger partial charge in [-0.1, -0.05) is 49.5 Å². The van der Waals surface area contributed by atoms with Gasteiger partial charge in [-0.05, 0) is 17.0 Å². The molecule has 0 rings (SSSR count). The predicted octanol–water partition coefficient (Wildman–Crippen LogP) is 1.70. The van der Waals surface area contributed by atoms with Crippen LogP contribution in [0.1, 0.15) is 41.5 Å². The molecule has 0 aromatic carbocycles. The number of allylic oxidation sites excluding steroid dienone is 1. The number of hydrogen-bond acceptors (Lipinski definition) is 0. The third-order valence-corrected chi connectivity index (χ3v) is 5.37. The third-order valence-electron chi connectivity index (χ3n) is 1.79. The van der Waals surface area contributed by atoms with Gasteiger partial charge >= 0.3 is 20.4 Å². The number of hydrogen-bond donors (Lipinski definition) is 0. The van der Waals surface area contributed by atoms with Crippen molar-refractivity contribution < 1.29 is 37.4 Å². The fourth-order valence-corrected chi connectivity index (χ4v) is 5.37. The Morgan fingerprint density at radius 1 is 0.933 bits per heavy atom. The van der Waals surface area contributed by atoms with Gasteiger partial charge in [0.1, 0.15) is 0 Å². The average Bonchev–Trinajstić information content (AvgIpc) is 1.84. The van der Waals surface area contributed by atoms with Crippen LogP contribution in [0, 0.1) is 6.92 Å². The molecular weight excluding hydrogens is 361 g/mol. The Bertz CT molecular complexity index is 106. The number of rotatable bonds is 3. The van der Waals surface area contributed by atoms with Crippen LogP contribution in [0.25, 0.3) is 0 Å². The SMILES string of the molecule is C=C[CH2-].CC(C)P(C(C)C)C(C)C.[Br-].[Pd+2]. The van der Waals surface area contributed by atoms with Crippen molar-refractivity contribution >= 4 is 7.92 Å². The van der Waals surface area contributed by atoms with Crippen LogP contribution >= 0.6 is 7.92 Å². The summed E-state index contributed by atoms with van der Waals surface area (Å²) in [4.78, 5) is 0. The maximum Gasteiger partial charge on any atom is 2.00 e. The van der Waals surface area contributed by atoms with Gasteiger partial charge in [-0.3, -0.25) is 0 Å². The second-order valence-corrected chi connectivity index (χ2v) is 8.01. The molecule has 0 aliphatic carbocycles. The van der Waals surface area contributed by atoms with Gasteiger partial charge in [0.25, 0.3) is 0 Å². The Kier molecular flexibility index (Phi) is 25.4. The molecule has 0 aliphatic rings. The molecule has 0 nitrogen and oxygen atoms in total. The maximum atomic E-state index is 3.25. The first kappa shape index (κ1) is 25.1. The first-order valence-corrected chi connectivity index (χ1v) is 6.60. The summed E-state index contributed by atoms with van der Waals surface area (Å²) in [6.07, 6.45) is 1.50. The third kappa shape index (κ3) is 15.2. The largest absolute Gasteiger partial charge is 2.00 e. The summed E-state index contributed by atoms with van der Waals surface area (Å²) in [5.41, 5.74) is 2.69. The smallest absolute Gasteiger partial charge is 1.00 e. The Morgan fingerprint density at radius 3 is 1.07 bits per heavy atom. The van der Waals surface area contributed by atoms with E-state index in [4.69, 9.17) is 0 Å². The van der Waals surface area contributed by atoms with Crippen LogP contribution in [-0.2, 0) is 20.4 Å². The van der Waals surface area contributed by atoms with Gasteiger partial charge in [-0.15, -0.1) is 0 Å². The predicted molar refractivity (Wildman–Crippen MR) is 67.9 cm³/mol. The summed E-state index contributed by atoms with van der Waals surface area (Å²) in [6.45, 7) is 20.6. The molecule has 0 radical (unpaired) electrons. The van der Waals surface area contributed by atoms with Crippen LogP contribution in [0.4, 0.5) is 0 Å². The molecular formula is C12H26BrPPd. The Labute approximate surface area is 123 Å². The molecule has 96 valence electrons. The first-order chi connectivity index (χ1) is 5.88. The molecule has 15 heavy (non-hydrogen) atoms. The Balaban J connectivity index is -0.000000108. The van der Waals surface area contributed by atoms with E-state index < -0.39 is 0 Å². The van der Waals surface area contributed by atoms with Crippen LogP contribution in [0.2, 0.25) is 0 Å².